The average molecular weight is 279 g/mol. The lowest BCUT2D eigenvalue weighted by atomic mass is 10.0. The van der Waals surface area contributed by atoms with E-state index in [1.165, 1.54) is 18.2 Å². The summed E-state index contributed by atoms with van der Waals surface area (Å²) in [4.78, 5) is 39.9. The molecule has 3 amide bonds. The summed E-state index contributed by atoms with van der Waals surface area (Å²) in [5.41, 5.74) is 0.651. The van der Waals surface area contributed by atoms with Crippen molar-refractivity contribution >= 4 is 24.1 Å². The van der Waals surface area contributed by atoms with E-state index in [-0.39, 0.29) is 18.2 Å². The predicted octanol–water partition coefficient (Wildman–Crippen LogP) is 1.23. The number of hydrogen-bond donors (Lipinski definition) is 1. The van der Waals surface area contributed by atoms with Crippen molar-refractivity contribution in [2.75, 3.05) is 0 Å². The number of rotatable bonds is 5. The van der Waals surface area contributed by atoms with Crippen molar-refractivity contribution in [1.29, 1.82) is 0 Å². The van der Waals surface area contributed by atoms with Gasteiger partial charge in [-0.2, -0.15) is 0 Å². The van der Waals surface area contributed by atoms with Crippen molar-refractivity contribution in [2.24, 2.45) is 10.9 Å². The zero-order valence-electron chi connectivity index (χ0n) is 12.2. The Hall–Kier alpha value is -1.98. The quantitative estimate of drug-likeness (QED) is 0.467. The van der Waals surface area contributed by atoms with E-state index in [4.69, 9.17) is 0 Å². The van der Waals surface area contributed by atoms with E-state index >= 15 is 0 Å². The molecule has 0 aromatic heterocycles. The number of carbonyl (C=O) groups is 3. The minimum Gasteiger partial charge on any atom is -0.295 e. The Bertz CT molecular complexity index is 455. The molecule has 20 heavy (non-hydrogen) atoms. The summed E-state index contributed by atoms with van der Waals surface area (Å²) in [5.74, 6) is -0.644. The maximum absolute atomic E-state index is 11.8. The van der Waals surface area contributed by atoms with Gasteiger partial charge in [-0.3, -0.25) is 24.6 Å². The summed E-state index contributed by atoms with van der Waals surface area (Å²) in [6.45, 7) is 9.26. The van der Waals surface area contributed by atoms with Crippen LogP contribution in [0.15, 0.2) is 17.3 Å². The number of nitrogens with one attached hydrogen (secondary N) is 1. The summed E-state index contributed by atoms with van der Waals surface area (Å²) in [6, 6.07) is -0.680. The van der Waals surface area contributed by atoms with Gasteiger partial charge in [0.15, 0.2) is 0 Å². The van der Waals surface area contributed by atoms with Gasteiger partial charge in [-0.1, -0.05) is 20.4 Å². The number of allylic oxidation sites excluding steroid dienone is 1. The molecule has 1 atom stereocenters. The molecule has 6 nitrogen and oxygen atoms in total. The van der Waals surface area contributed by atoms with Gasteiger partial charge in [0.2, 0.25) is 17.7 Å². The van der Waals surface area contributed by atoms with E-state index in [9.17, 15) is 14.4 Å². The Kier molecular flexibility index (Phi) is 5.61. The Balaban J connectivity index is 2.77. The van der Waals surface area contributed by atoms with E-state index < -0.39 is 11.9 Å². The number of amides is 3. The van der Waals surface area contributed by atoms with Crippen molar-refractivity contribution in [3.05, 3.63) is 12.3 Å². The molecular weight excluding hydrogens is 258 g/mol. The Labute approximate surface area is 118 Å². The number of carbonyl (C=O) groups excluding carboxylic acids is 3. The molecule has 110 valence electrons. The van der Waals surface area contributed by atoms with Gasteiger partial charge in [0.05, 0.1) is 6.34 Å². The van der Waals surface area contributed by atoms with Gasteiger partial charge in [0.25, 0.3) is 0 Å². The van der Waals surface area contributed by atoms with Crippen LogP contribution in [0.1, 0.15) is 40.0 Å². The first-order valence-corrected chi connectivity index (χ1v) is 6.65. The van der Waals surface area contributed by atoms with Crippen molar-refractivity contribution in [1.82, 2.24) is 10.2 Å². The van der Waals surface area contributed by atoms with Gasteiger partial charge in [0, 0.05) is 19.0 Å². The molecule has 6 heteroatoms. The highest BCUT2D eigenvalue weighted by Crippen LogP contribution is 2.13. The fraction of sp³-hybridized carbons (Fsp3) is 0.571. The summed E-state index contributed by atoms with van der Waals surface area (Å²) >= 11 is 0. The number of imide groups is 1. The number of aliphatic imine (C=N–C) groups is 1. The van der Waals surface area contributed by atoms with Crippen LogP contribution in [-0.4, -0.2) is 35.0 Å². The second-order valence-electron chi connectivity index (χ2n) is 5.30. The summed E-state index contributed by atoms with van der Waals surface area (Å²) < 4.78 is 0. The van der Waals surface area contributed by atoms with Crippen LogP contribution in [0, 0.1) is 5.92 Å². The van der Waals surface area contributed by atoms with Crippen molar-refractivity contribution in [3.8, 4) is 0 Å². The van der Waals surface area contributed by atoms with Gasteiger partial charge in [-0.15, -0.1) is 0 Å². The molecule has 1 unspecified atom stereocenters. The lowest BCUT2D eigenvalue weighted by Crippen LogP contribution is -2.53. The molecule has 0 radical (unpaired) electrons. The van der Waals surface area contributed by atoms with Crippen LogP contribution in [0.3, 0.4) is 0 Å². The molecule has 1 saturated heterocycles. The fourth-order valence-electron chi connectivity index (χ4n) is 2.00. The van der Waals surface area contributed by atoms with Crippen molar-refractivity contribution in [2.45, 2.75) is 46.1 Å². The third-order valence-electron chi connectivity index (χ3n) is 2.92. The third-order valence-corrected chi connectivity index (χ3v) is 2.92. The van der Waals surface area contributed by atoms with E-state index in [2.05, 4.69) is 16.9 Å². The molecule has 0 aromatic carbocycles. The van der Waals surface area contributed by atoms with Crippen LogP contribution in [-0.2, 0) is 14.4 Å². The largest absolute Gasteiger partial charge is 0.295 e. The topological polar surface area (TPSA) is 78.8 Å². The van der Waals surface area contributed by atoms with Gasteiger partial charge >= 0.3 is 0 Å². The third kappa shape index (κ3) is 4.60. The molecule has 0 saturated carbocycles. The Morgan fingerprint density at radius 1 is 1.55 bits per heavy atom. The van der Waals surface area contributed by atoms with Crippen LogP contribution in [0.2, 0.25) is 0 Å². The second-order valence-corrected chi connectivity index (χ2v) is 5.30. The number of nitrogens with zero attached hydrogens (tertiary/aromatic N) is 2. The predicted molar refractivity (Wildman–Crippen MR) is 75.8 cm³/mol. The summed E-state index contributed by atoms with van der Waals surface area (Å²) in [6.07, 6.45) is 2.60. The smallest absolute Gasteiger partial charge is 0.249 e. The minimum atomic E-state index is -0.680. The number of hydrogen-bond acceptors (Lipinski definition) is 4. The van der Waals surface area contributed by atoms with E-state index in [0.717, 1.165) is 6.42 Å². The first-order chi connectivity index (χ1) is 9.31. The molecule has 1 N–H and O–H groups in total. The van der Waals surface area contributed by atoms with Crippen LogP contribution < -0.4 is 5.32 Å². The number of piperidine rings is 1. The van der Waals surface area contributed by atoms with Crippen LogP contribution in [0.5, 0.6) is 0 Å². The van der Waals surface area contributed by atoms with Crippen molar-refractivity contribution in [3.63, 3.8) is 0 Å². The van der Waals surface area contributed by atoms with Crippen molar-refractivity contribution < 1.29 is 14.4 Å². The molecule has 1 aliphatic rings. The highest BCUT2D eigenvalue weighted by Gasteiger charge is 2.32. The standard InChI is InChI=1S/C14H21N3O3/c1-9(2)7-10(3)15-8-17(11(4)18)12-5-6-13(19)16-14(12)20/h8-9,12H,3,5-7H2,1-2,4H3,(H,16,19,20)/b15-8-. The van der Waals surface area contributed by atoms with Crippen LogP contribution >= 0.6 is 0 Å². The highest BCUT2D eigenvalue weighted by molar-refractivity contribution is 6.03. The van der Waals surface area contributed by atoms with Crippen LogP contribution in [0.25, 0.3) is 0 Å². The maximum atomic E-state index is 11.8. The SMILES string of the molecule is C=C(CC(C)C)/N=C\N(C(C)=O)C1CCC(=O)NC1=O. The average Bonchev–Trinajstić information content (AvgIpc) is 2.30. The molecule has 0 bridgehead atoms. The van der Waals surface area contributed by atoms with Crippen LogP contribution in [0.4, 0.5) is 0 Å². The first kappa shape index (κ1) is 16.1. The fourth-order valence-corrected chi connectivity index (χ4v) is 2.00. The monoisotopic (exact) mass is 279 g/mol. The minimum absolute atomic E-state index is 0.223. The molecule has 0 aromatic rings. The summed E-state index contributed by atoms with van der Waals surface area (Å²) in [5, 5.41) is 2.23. The lowest BCUT2D eigenvalue weighted by Gasteiger charge is -2.28. The van der Waals surface area contributed by atoms with Gasteiger partial charge in [-0.05, 0) is 18.8 Å². The molecule has 0 spiro atoms. The maximum Gasteiger partial charge on any atom is 0.249 e. The molecule has 1 rings (SSSR count). The molecular formula is C14H21N3O3. The summed E-state index contributed by atoms with van der Waals surface area (Å²) in [7, 11) is 0. The van der Waals surface area contributed by atoms with E-state index in [1.54, 1.807) is 0 Å². The normalized spacial score (nSPS) is 19.3. The van der Waals surface area contributed by atoms with E-state index in [0.29, 0.717) is 18.0 Å². The zero-order chi connectivity index (χ0) is 15.3. The van der Waals surface area contributed by atoms with Gasteiger partial charge < -0.3 is 0 Å². The first-order valence-electron chi connectivity index (χ1n) is 6.65. The molecule has 1 fully saturated rings. The highest BCUT2D eigenvalue weighted by atomic mass is 16.2. The zero-order valence-corrected chi connectivity index (χ0v) is 12.2. The molecule has 0 aliphatic carbocycles. The Morgan fingerprint density at radius 2 is 2.20 bits per heavy atom. The molecule has 1 heterocycles. The second kappa shape index (κ2) is 6.98. The molecule has 1 aliphatic heterocycles. The van der Waals surface area contributed by atoms with Gasteiger partial charge in [0.1, 0.15) is 6.04 Å². The van der Waals surface area contributed by atoms with E-state index in [1.807, 2.05) is 13.8 Å². The van der Waals surface area contributed by atoms with Gasteiger partial charge in [-0.25, -0.2) is 4.99 Å². The lowest BCUT2D eigenvalue weighted by molar-refractivity contribution is -0.141. The Morgan fingerprint density at radius 3 is 2.70 bits per heavy atom.